The number of carbonyl (C=O) groups excluding carboxylic acids is 2. The molecule has 0 atom stereocenters. The molecule has 0 bridgehead atoms. The van der Waals surface area contributed by atoms with E-state index in [2.05, 4.69) is 25.3 Å². The van der Waals surface area contributed by atoms with Crippen molar-refractivity contribution in [1.29, 1.82) is 0 Å². The van der Waals surface area contributed by atoms with Gasteiger partial charge in [0, 0.05) is 11.1 Å². The number of carbonyl (C=O) groups is 2. The molecule has 0 saturated heterocycles. The van der Waals surface area contributed by atoms with Crippen molar-refractivity contribution in [2.45, 2.75) is 26.7 Å². The Morgan fingerprint density at radius 1 is 0.815 bits per heavy atom. The van der Waals surface area contributed by atoms with Gasteiger partial charge in [0.2, 0.25) is 0 Å². The molecule has 0 aliphatic rings. The highest BCUT2D eigenvalue weighted by Gasteiger charge is 2.06. The number of aryl methyl sites for hydroxylation is 1. The van der Waals surface area contributed by atoms with Crippen LogP contribution in [0.4, 0.5) is 0 Å². The molecule has 0 heterocycles. The standard InChI is InChI=1S/C23H24O4/c1-16(2)22(24)26-15-5-6-18-7-9-19(10-8-18)20-11-13-21(14-12-20)27-23(25)17(3)4/h7-14H,1,3,5-6,15H2,2,4H3. The number of esters is 2. The number of hydrogen-bond acceptors (Lipinski definition) is 4. The number of rotatable bonds is 8. The molecule has 0 fully saturated rings. The van der Waals surface area contributed by atoms with Crippen molar-refractivity contribution < 1.29 is 19.1 Å². The fraction of sp³-hybridized carbons (Fsp3) is 0.217. The molecule has 27 heavy (non-hydrogen) atoms. The summed E-state index contributed by atoms with van der Waals surface area (Å²) >= 11 is 0. The number of benzene rings is 2. The van der Waals surface area contributed by atoms with Gasteiger partial charge in [0.25, 0.3) is 0 Å². The highest BCUT2D eigenvalue weighted by Crippen LogP contribution is 2.23. The lowest BCUT2D eigenvalue weighted by Crippen LogP contribution is -2.07. The average Bonchev–Trinajstić information content (AvgIpc) is 2.66. The Morgan fingerprint density at radius 2 is 1.33 bits per heavy atom. The van der Waals surface area contributed by atoms with Crippen molar-refractivity contribution >= 4 is 11.9 Å². The minimum absolute atomic E-state index is 0.345. The summed E-state index contributed by atoms with van der Waals surface area (Å²) in [6, 6.07) is 15.6. The van der Waals surface area contributed by atoms with Gasteiger partial charge in [-0.1, -0.05) is 49.6 Å². The van der Waals surface area contributed by atoms with Crippen LogP contribution in [-0.4, -0.2) is 18.5 Å². The molecule has 2 aromatic carbocycles. The largest absolute Gasteiger partial charge is 0.462 e. The Balaban J connectivity index is 1.89. The first-order chi connectivity index (χ1) is 12.9. The van der Waals surface area contributed by atoms with Crippen molar-refractivity contribution in [1.82, 2.24) is 0 Å². The van der Waals surface area contributed by atoms with Gasteiger partial charge in [-0.2, -0.15) is 0 Å². The predicted molar refractivity (Wildman–Crippen MR) is 106 cm³/mol. The van der Waals surface area contributed by atoms with E-state index in [0.29, 0.717) is 23.5 Å². The second-order valence-corrected chi connectivity index (χ2v) is 6.41. The summed E-state index contributed by atoms with van der Waals surface area (Å²) in [5, 5.41) is 0. The average molecular weight is 364 g/mol. The summed E-state index contributed by atoms with van der Waals surface area (Å²) in [7, 11) is 0. The van der Waals surface area contributed by atoms with Gasteiger partial charge >= 0.3 is 11.9 Å². The molecule has 0 amide bonds. The number of hydrogen-bond donors (Lipinski definition) is 0. The third kappa shape index (κ3) is 6.26. The van der Waals surface area contributed by atoms with Crippen LogP contribution in [0, 0.1) is 0 Å². The molecular weight excluding hydrogens is 340 g/mol. The van der Waals surface area contributed by atoms with E-state index in [-0.39, 0.29) is 5.97 Å². The van der Waals surface area contributed by atoms with Gasteiger partial charge in [-0.25, -0.2) is 9.59 Å². The molecule has 2 aromatic rings. The van der Waals surface area contributed by atoms with Crippen LogP contribution >= 0.6 is 0 Å². The van der Waals surface area contributed by atoms with Gasteiger partial charge in [-0.15, -0.1) is 0 Å². The topological polar surface area (TPSA) is 52.6 Å². The van der Waals surface area contributed by atoms with Crippen molar-refractivity contribution in [3.05, 3.63) is 78.4 Å². The summed E-state index contributed by atoms with van der Waals surface area (Å²) in [4.78, 5) is 22.8. The molecule has 0 saturated carbocycles. The monoisotopic (exact) mass is 364 g/mol. The first kappa shape index (κ1) is 20.2. The zero-order chi connectivity index (χ0) is 19.8. The van der Waals surface area contributed by atoms with Crippen LogP contribution in [0.3, 0.4) is 0 Å². The molecule has 0 aromatic heterocycles. The second-order valence-electron chi connectivity index (χ2n) is 6.41. The van der Waals surface area contributed by atoms with E-state index in [1.807, 2.05) is 24.3 Å². The molecule has 0 aliphatic heterocycles. The molecule has 0 radical (unpaired) electrons. The summed E-state index contributed by atoms with van der Waals surface area (Å²) in [5.41, 5.74) is 4.07. The molecule has 2 rings (SSSR count). The van der Waals surface area contributed by atoms with Crippen LogP contribution in [0.25, 0.3) is 11.1 Å². The van der Waals surface area contributed by atoms with E-state index < -0.39 is 5.97 Å². The second kappa shape index (κ2) is 9.53. The van der Waals surface area contributed by atoms with Crippen molar-refractivity contribution in [3.63, 3.8) is 0 Å². The van der Waals surface area contributed by atoms with E-state index in [4.69, 9.17) is 9.47 Å². The molecule has 140 valence electrons. The van der Waals surface area contributed by atoms with Gasteiger partial charge in [-0.3, -0.25) is 0 Å². The fourth-order valence-electron chi connectivity index (χ4n) is 2.34. The van der Waals surface area contributed by atoms with Crippen molar-refractivity contribution in [2.75, 3.05) is 6.61 Å². The van der Waals surface area contributed by atoms with Gasteiger partial charge in [0.1, 0.15) is 5.75 Å². The zero-order valence-corrected chi connectivity index (χ0v) is 15.8. The predicted octanol–water partition coefficient (Wildman–Crippen LogP) is 4.89. The van der Waals surface area contributed by atoms with Gasteiger partial charge < -0.3 is 9.47 Å². The van der Waals surface area contributed by atoms with E-state index in [0.717, 1.165) is 24.0 Å². The Bertz CT molecular complexity index is 830. The Labute approximate surface area is 160 Å². The normalized spacial score (nSPS) is 10.1. The Kier molecular flexibility index (Phi) is 7.12. The van der Waals surface area contributed by atoms with E-state index >= 15 is 0 Å². The maximum Gasteiger partial charge on any atom is 0.338 e. The highest BCUT2D eigenvalue weighted by atomic mass is 16.5. The summed E-state index contributed by atoms with van der Waals surface area (Å²) in [6.45, 7) is 10.8. The van der Waals surface area contributed by atoms with Crippen LogP contribution < -0.4 is 4.74 Å². The van der Waals surface area contributed by atoms with Gasteiger partial charge in [0.05, 0.1) is 6.61 Å². The van der Waals surface area contributed by atoms with Crippen LogP contribution in [0.5, 0.6) is 5.75 Å². The Hall–Kier alpha value is -3.14. The van der Waals surface area contributed by atoms with E-state index in [1.54, 1.807) is 26.0 Å². The lowest BCUT2D eigenvalue weighted by atomic mass is 10.0. The van der Waals surface area contributed by atoms with Crippen LogP contribution in [0.1, 0.15) is 25.8 Å². The van der Waals surface area contributed by atoms with Crippen LogP contribution in [-0.2, 0) is 20.7 Å². The fourth-order valence-corrected chi connectivity index (χ4v) is 2.34. The SMILES string of the molecule is C=C(C)C(=O)OCCCc1ccc(-c2ccc(OC(=O)C(=C)C)cc2)cc1. The maximum atomic E-state index is 11.5. The van der Waals surface area contributed by atoms with Gasteiger partial charge in [0.15, 0.2) is 0 Å². The first-order valence-corrected chi connectivity index (χ1v) is 8.76. The summed E-state index contributed by atoms with van der Waals surface area (Å²) in [6.07, 6.45) is 1.60. The minimum Gasteiger partial charge on any atom is -0.462 e. The number of ether oxygens (including phenoxy) is 2. The van der Waals surface area contributed by atoms with E-state index in [9.17, 15) is 9.59 Å². The third-order valence-electron chi connectivity index (χ3n) is 3.89. The molecule has 4 nitrogen and oxygen atoms in total. The minimum atomic E-state index is -0.430. The smallest absolute Gasteiger partial charge is 0.338 e. The molecular formula is C23H24O4. The summed E-state index contributed by atoms with van der Waals surface area (Å²) in [5.74, 6) is -0.281. The zero-order valence-electron chi connectivity index (χ0n) is 15.8. The Morgan fingerprint density at radius 3 is 1.85 bits per heavy atom. The van der Waals surface area contributed by atoms with Gasteiger partial charge in [-0.05, 0) is 55.5 Å². The lowest BCUT2D eigenvalue weighted by Gasteiger charge is -2.07. The quantitative estimate of drug-likeness (QED) is 0.290. The highest BCUT2D eigenvalue weighted by molar-refractivity contribution is 5.88. The van der Waals surface area contributed by atoms with Crippen molar-refractivity contribution in [2.24, 2.45) is 0 Å². The van der Waals surface area contributed by atoms with Crippen LogP contribution in [0.15, 0.2) is 72.8 Å². The van der Waals surface area contributed by atoms with Crippen LogP contribution in [0.2, 0.25) is 0 Å². The first-order valence-electron chi connectivity index (χ1n) is 8.76. The molecule has 0 N–H and O–H groups in total. The summed E-state index contributed by atoms with van der Waals surface area (Å²) < 4.78 is 10.3. The lowest BCUT2D eigenvalue weighted by molar-refractivity contribution is -0.139. The molecule has 0 spiro atoms. The van der Waals surface area contributed by atoms with E-state index in [1.165, 1.54) is 5.56 Å². The molecule has 0 aliphatic carbocycles. The third-order valence-corrected chi connectivity index (χ3v) is 3.89. The molecule has 4 heteroatoms. The van der Waals surface area contributed by atoms with Crippen molar-refractivity contribution in [3.8, 4) is 16.9 Å². The molecule has 0 unspecified atom stereocenters. The maximum absolute atomic E-state index is 11.5.